The van der Waals surface area contributed by atoms with Crippen LogP contribution in [0.2, 0.25) is 0 Å². The largest absolute Gasteiger partial charge is 0.493 e. The van der Waals surface area contributed by atoms with Gasteiger partial charge in [0.1, 0.15) is 5.75 Å². The van der Waals surface area contributed by atoms with Gasteiger partial charge in [-0.15, -0.1) is 0 Å². The summed E-state index contributed by atoms with van der Waals surface area (Å²) in [5.74, 6) is 0.992. The number of carbonyl (C=O) groups is 1. The summed E-state index contributed by atoms with van der Waals surface area (Å²) >= 11 is 0. The number of ether oxygens (including phenoxy) is 1. The number of benzene rings is 2. The second-order valence-corrected chi connectivity index (χ2v) is 6.11. The maximum Gasteiger partial charge on any atom is 0.319 e. The zero-order valence-electron chi connectivity index (χ0n) is 13.6. The average Bonchev–Trinajstić information content (AvgIpc) is 2.97. The van der Waals surface area contributed by atoms with Crippen molar-refractivity contribution in [3.05, 3.63) is 59.2 Å². The van der Waals surface area contributed by atoms with Gasteiger partial charge >= 0.3 is 6.03 Å². The minimum absolute atomic E-state index is 0.0563. The number of carbonyl (C=O) groups excluding carboxylic acids is 1. The number of urea groups is 1. The lowest BCUT2D eigenvalue weighted by atomic mass is 10.0. The Morgan fingerprint density at radius 1 is 1.22 bits per heavy atom. The minimum Gasteiger partial charge on any atom is -0.493 e. The van der Waals surface area contributed by atoms with Crippen molar-refractivity contribution in [2.75, 3.05) is 11.9 Å². The van der Waals surface area contributed by atoms with Crippen molar-refractivity contribution in [3.8, 4) is 5.75 Å². The molecule has 2 aromatic carbocycles. The molecular formula is C19H22N2O2. The fraction of sp³-hybridized carbons (Fsp3) is 0.316. The third kappa shape index (κ3) is 4.03. The molecule has 23 heavy (non-hydrogen) atoms. The number of hydrogen-bond donors (Lipinski definition) is 2. The SMILES string of the molecule is Cc1ccc(NC(=O)NC(C)Cc2ccc3c(c2)CCO3)cc1. The van der Waals surface area contributed by atoms with Crippen LogP contribution in [-0.4, -0.2) is 18.7 Å². The Bertz CT molecular complexity index is 695. The second-order valence-electron chi connectivity index (χ2n) is 6.11. The molecule has 2 N–H and O–H groups in total. The maximum absolute atomic E-state index is 12.0. The van der Waals surface area contributed by atoms with Crippen molar-refractivity contribution < 1.29 is 9.53 Å². The predicted octanol–water partition coefficient (Wildman–Crippen LogP) is 3.68. The molecule has 1 aliphatic rings. The van der Waals surface area contributed by atoms with Crippen LogP contribution in [0.15, 0.2) is 42.5 Å². The fourth-order valence-corrected chi connectivity index (χ4v) is 2.80. The van der Waals surface area contributed by atoms with E-state index < -0.39 is 0 Å². The monoisotopic (exact) mass is 310 g/mol. The van der Waals surface area contributed by atoms with E-state index in [4.69, 9.17) is 4.74 Å². The molecule has 2 amide bonds. The molecule has 0 fully saturated rings. The van der Waals surface area contributed by atoms with Crippen molar-refractivity contribution in [2.24, 2.45) is 0 Å². The fourth-order valence-electron chi connectivity index (χ4n) is 2.80. The van der Waals surface area contributed by atoms with Crippen LogP contribution in [0.5, 0.6) is 5.75 Å². The van der Waals surface area contributed by atoms with Crippen LogP contribution in [0.1, 0.15) is 23.6 Å². The van der Waals surface area contributed by atoms with Gasteiger partial charge in [0.25, 0.3) is 0 Å². The number of amides is 2. The first kappa shape index (κ1) is 15.4. The van der Waals surface area contributed by atoms with Gasteiger partial charge in [0, 0.05) is 18.2 Å². The van der Waals surface area contributed by atoms with Gasteiger partial charge in [-0.25, -0.2) is 4.79 Å². The van der Waals surface area contributed by atoms with E-state index in [0.717, 1.165) is 30.9 Å². The van der Waals surface area contributed by atoms with Gasteiger partial charge in [0.2, 0.25) is 0 Å². The highest BCUT2D eigenvalue weighted by molar-refractivity contribution is 5.89. The smallest absolute Gasteiger partial charge is 0.319 e. The van der Waals surface area contributed by atoms with Gasteiger partial charge in [-0.2, -0.15) is 0 Å². The Balaban J connectivity index is 1.53. The van der Waals surface area contributed by atoms with E-state index in [1.807, 2.05) is 44.2 Å². The van der Waals surface area contributed by atoms with Crippen LogP contribution in [0, 0.1) is 6.92 Å². The summed E-state index contributed by atoms with van der Waals surface area (Å²) in [6.07, 6.45) is 1.77. The van der Waals surface area contributed by atoms with Crippen molar-refractivity contribution >= 4 is 11.7 Å². The normalized spacial score (nSPS) is 13.8. The Kier molecular flexibility index (Phi) is 4.51. The molecule has 0 aliphatic carbocycles. The van der Waals surface area contributed by atoms with E-state index in [2.05, 4.69) is 22.8 Å². The summed E-state index contributed by atoms with van der Waals surface area (Å²) < 4.78 is 5.52. The quantitative estimate of drug-likeness (QED) is 0.905. The molecule has 4 nitrogen and oxygen atoms in total. The topological polar surface area (TPSA) is 50.4 Å². The molecule has 120 valence electrons. The lowest BCUT2D eigenvalue weighted by Gasteiger charge is -2.15. The first-order valence-corrected chi connectivity index (χ1v) is 7.99. The van der Waals surface area contributed by atoms with Gasteiger partial charge in [-0.1, -0.05) is 29.8 Å². The van der Waals surface area contributed by atoms with E-state index >= 15 is 0 Å². The number of nitrogens with one attached hydrogen (secondary N) is 2. The van der Waals surface area contributed by atoms with Crippen LogP contribution < -0.4 is 15.4 Å². The van der Waals surface area contributed by atoms with Gasteiger partial charge in [-0.05, 0) is 49.6 Å². The summed E-state index contributed by atoms with van der Waals surface area (Å²) in [7, 11) is 0. The Morgan fingerprint density at radius 3 is 2.78 bits per heavy atom. The number of fused-ring (bicyclic) bond motifs is 1. The minimum atomic E-state index is -0.175. The first-order chi connectivity index (χ1) is 11.1. The number of hydrogen-bond acceptors (Lipinski definition) is 2. The molecule has 0 spiro atoms. The first-order valence-electron chi connectivity index (χ1n) is 7.99. The molecule has 0 bridgehead atoms. The van der Waals surface area contributed by atoms with Crippen LogP contribution in [0.25, 0.3) is 0 Å². The zero-order valence-corrected chi connectivity index (χ0v) is 13.6. The zero-order chi connectivity index (χ0) is 16.2. The van der Waals surface area contributed by atoms with E-state index in [9.17, 15) is 4.79 Å². The van der Waals surface area contributed by atoms with Crippen molar-refractivity contribution in [2.45, 2.75) is 32.7 Å². The third-order valence-electron chi connectivity index (χ3n) is 3.98. The Labute approximate surface area is 136 Å². The summed E-state index contributed by atoms with van der Waals surface area (Å²) in [5, 5.41) is 5.84. The average molecular weight is 310 g/mol. The van der Waals surface area contributed by atoms with E-state index in [1.54, 1.807) is 0 Å². The molecule has 2 aromatic rings. The van der Waals surface area contributed by atoms with Crippen LogP contribution in [0.4, 0.5) is 10.5 Å². The molecule has 0 saturated carbocycles. The molecule has 1 heterocycles. The highest BCUT2D eigenvalue weighted by Crippen LogP contribution is 2.26. The summed E-state index contributed by atoms with van der Waals surface area (Å²) in [4.78, 5) is 12.0. The van der Waals surface area contributed by atoms with Crippen molar-refractivity contribution in [3.63, 3.8) is 0 Å². The third-order valence-corrected chi connectivity index (χ3v) is 3.98. The van der Waals surface area contributed by atoms with Crippen molar-refractivity contribution in [1.82, 2.24) is 5.32 Å². The van der Waals surface area contributed by atoms with E-state index in [-0.39, 0.29) is 12.1 Å². The highest BCUT2D eigenvalue weighted by Gasteiger charge is 2.14. The Hall–Kier alpha value is -2.49. The van der Waals surface area contributed by atoms with Gasteiger partial charge in [0.15, 0.2) is 0 Å². The van der Waals surface area contributed by atoms with Gasteiger partial charge < -0.3 is 15.4 Å². The predicted molar refractivity (Wildman–Crippen MR) is 92.1 cm³/mol. The van der Waals surface area contributed by atoms with E-state index in [0.29, 0.717) is 0 Å². The maximum atomic E-state index is 12.0. The summed E-state index contributed by atoms with van der Waals surface area (Å²) in [5.41, 5.74) is 4.45. The highest BCUT2D eigenvalue weighted by atomic mass is 16.5. The molecular weight excluding hydrogens is 288 g/mol. The lowest BCUT2D eigenvalue weighted by Crippen LogP contribution is -2.37. The lowest BCUT2D eigenvalue weighted by molar-refractivity contribution is 0.249. The summed E-state index contributed by atoms with van der Waals surface area (Å²) in [6.45, 7) is 4.80. The van der Waals surface area contributed by atoms with Crippen molar-refractivity contribution in [1.29, 1.82) is 0 Å². The summed E-state index contributed by atoms with van der Waals surface area (Å²) in [6, 6.07) is 13.9. The molecule has 0 radical (unpaired) electrons. The van der Waals surface area contributed by atoms with E-state index in [1.165, 1.54) is 16.7 Å². The van der Waals surface area contributed by atoms with Gasteiger partial charge in [-0.3, -0.25) is 0 Å². The molecule has 0 saturated heterocycles. The van der Waals surface area contributed by atoms with Crippen LogP contribution in [0.3, 0.4) is 0 Å². The molecule has 3 rings (SSSR count). The van der Waals surface area contributed by atoms with Crippen LogP contribution >= 0.6 is 0 Å². The molecule has 4 heteroatoms. The molecule has 0 aromatic heterocycles. The number of anilines is 1. The van der Waals surface area contributed by atoms with Gasteiger partial charge in [0.05, 0.1) is 6.61 Å². The van der Waals surface area contributed by atoms with Crippen LogP contribution in [-0.2, 0) is 12.8 Å². The Morgan fingerprint density at radius 2 is 2.00 bits per heavy atom. The standard InChI is InChI=1S/C19H22N2O2/c1-13-3-6-17(7-4-13)21-19(22)20-14(2)11-15-5-8-18-16(12-15)9-10-23-18/h3-8,12,14H,9-11H2,1-2H3,(H2,20,21,22). The molecule has 1 aliphatic heterocycles. The molecule has 1 atom stereocenters. The number of rotatable bonds is 4. The molecule has 1 unspecified atom stereocenters. The number of aryl methyl sites for hydroxylation is 1. The second kappa shape index (κ2) is 6.73.